The molecule has 1 aromatic heterocycles. The van der Waals surface area contributed by atoms with E-state index in [4.69, 9.17) is 4.74 Å². The van der Waals surface area contributed by atoms with Gasteiger partial charge >= 0.3 is 0 Å². The van der Waals surface area contributed by atoms with Gasteiger partial charge in [0.2, 0.25) is 0 Å². The zero-order chi connectivity index (χ0) is 13.3. The van der Waals surface area contributed by atoms with E-state index in [1.165, 1.54) is 0 Å². The highest BCUT2D eigenvalue weighted by Gasteiger charge is 2.41. The maximum absolute atomic E-state index is 5.95. The molecule has 1 aliphatic heterocycles. The fraction of sp³-hybridized carbons (Fsp3) is 0.786. The third-order valence-electron chi connectivity index (χ3n) is 4.35. The molecule has 0 saturated carbocycles. The van der Waals surface area contributed by atoms with E-state index < -0.39 is 0 Å². The third kappa shape index (κ3) is 2.59. The van der Waals surface area contributed by atoms with E-state index in [-0.39, 0.29) is 0 Å². The second-order valence-electron chi connectivity index (χ2n) is 5.56. The number of nitrogens with one attached hydrogen (secondary N) is 1. The highest BCUT2D eigenvalue weighted by Crippen LogP contribution is 2.35. The van der Waals surface area contributed by atoms with Crippen molar-refractivity contribution in [2.45, 2.75) is 45.4 Å². The van der Waals surface area contributed by atoms with E-state index in [1.54, 1.807) is 0 Å². The van der Waals surface area contributed by atoms with Crippen LogP contribution >= 0.6 is 0 Å². The topological polar surface area (TPSA) is 39.1 Å². The van der Waals surface area contributed by atoms with Crippen LogP contribution in [0.4, 0.5) is 0 Å². The highest BCUT2D eigenvalue weighted by molar-refractivity contribution is 5.04. The Balaban J connectivity index is 2.08. The Kier molecular flexibility index (Phi) is 4.07. The van der Waals surface area contributed by atoms with Gasteiger partial charge in [-0.05, 0) is 32.9 Å². The Morgan fingerprint density at radius 2 is 2.11 bits per heavy atom. The summed E-state index contributed by atoms with van der Waals surface area (Å²) < 4.78 is 7.81. The SMILES string of the molecule is CNC(Cc1ccn(C)n1)C1C(C)OC(C)C1C. The van der Waals surface area contributed by atoms with E-state index >= 15 is 0 Å². The molecule has 18 heavy (non-hydrogen) atoms. The molecule has 2 rings (SSSR count). The number of ether oxygens (including phenoxy) is 1. The standard InChI is InChI=1S/C14H25N3O/c1-9-10(2)18-11(3)14(9)13(15-4)8-12-6-7-17(5)16-12/h6-7,9-11,13-15H,8H2,1-5H3. The molecular weight excluding hydrogens is 226 g/mol. The number of rotatable bonds is 4. The van der Waals surface area contributed by atoms with E-state index in [1.807, 2.05) is 25.0 Å². The first-order valence-electron chi connectivity index (χ1n) is 6.84. The maximum Gasteiger partial charge on any atom is 0.0640 e. The molecule has 0 amide bonds. The minimum absolute atomic E-state index is 0.316. The van der Waals surface area contributed by atoms with Gasteiger partial charge in [0.05, 0.1) is 17.9 Å². The first-order chi connectivity index (χ1) is 8.52. The van der Waals surface area contributed by atoms with Gasteiger partial charge in [-0.25, -0.2) is 0 Å². The van der Waals surface area contributed by atoms with E-state index in [2.05, 4.69) is 37.3 Å². The van der Waals surface area contributed by atoms with Gasteiger partial charge in [-0.3, -0.25) is 4.68 Å². The Labute approximate surface area is 110 Å². The minimum atomic E-state index is 0.316. The molecule has 1 aliphatic rings. The molecule has 0 bridgehead atoms. The summed E-state index contributed by atoms with van der Waals surface area (Å²) in [5, 5.41) is 7.93. The Morgan fingerprint density at radius 3 is 2.56 bits per heavy atom. The van der Waals surface area contributed by atoms with Crippen LogP contribution in [0.1, 0.15) is 26.5 Å². The summed E-state index contributed by atoms with van der Waals surface area (Å²) in [6.07, 6.45) is 3.64. The smallest absolute Gasteiger partial charge is 0.0640 e. The molecule has 5 unspecified atom stereocenters. The van der Waals surface area contributed by atoms with Gasteiger partial charge in [-0.2, -0.15) is 5.10 Å². The molecular formula is C14H25N3O. The third-order valence-corrected chi connectivity index (χ3v) is 4.35. The molecule has 0 aliphatic carbocycles. The van der Waals surface area contributed by atoms with Crippen LogP contribution in [0.25, 0.3) is 0 Å². The average Bonchev–Trinajstić information content (AvgIpc) is 2.82. The molecule has 1 fully saturated rings. The van der Waals surface area contributed by atoms with Crippen LogP contribution in [0.2, 0.25) is 0 Å². The predicted octanol–water partition coefficient (Wildman–Crippen LogP) is 1.61. The average molecular weight is 251 g/mol. The highest BCUT2D eigenvalue weighted by atomic mass is 16.5. The minimum Gasteiger partial charge on any atom is -0.375 e. The molecule has 5 atom stereocenters. The van der Waals surface area contributed by atoms with Crippen LogP contribution in [-0.4, -0.2) is 35.1 Å². The van der Waals surface area contributed by atoms with Gasteiger partial charge in [-0.15, -0.1) is 0 Å². The molecule has 0 radical (unpaired) electrons. The van der Waals surface area contributed by atoms with Gasteiger partial charge in [-0.1, -0.05) is 6.92 Å². The van der Waals surface area contributed by atoms with Crippen molar-refractivity contribution in [1.82, 2.24) is 15.1 Å². The number of likely N-dealkylation sites (N-methyl/N-ethyl adjacent to an activating group) is 1. The van der Waals surface area contributed by atoms with Gasteiger partial charge in [0.25, 0.3) is 0 Å². The Bertz CT molecular complexity index is 390. The molecule has 102 valence electrons. The summed E-state index contributed by atoms with van der Waals surface area (Å²) in [5.74, 6) is 1.13. The van der Waals surface area contributed by atoms with Crippen LogP contribution in [-0.2, 0) is 18.2 Å². The lowest BCUT2D eigenvalue weighted by Crippen LogP contribution is -2.41. The molecule has 1 N–H and O–H groups in total. The van der Waals surface area contributed by atoms with Gasteiger partial charge in [0.15, 0.2) is 0 Å². The summed E-state index contributed by atoms with van der Waals surface area (Å²) in [5.41, 5.74) is 1.15. The first-order valence-corrected chi connectivity index (χ1v) is 6.84. The number of hydrogen-bond donors (Lipinski definition) is 1. The number of aryl methyl sites for hydroxylation is 1. The molecule has 2 heterocycles. The van der Waals surface area contributed by atoms with Crippen molar-refractivity contribution in [3.63, 3.8) is 0 Å². The zero-order valence-electron chi connectivity index (χ0n) is 12.1. The lowest BCUT2D eigenvalue weighted by molar-refractivity contribution is 0.0478. The second kappa shape index (κ2) is 5.41. The number of hydrogen-bond acceptors (Lipinski definition) is 3. The van der Waals surface area contributed by atoms with Crippen molar-refractivity contribution >= 4 is 0 Å². The lowest BCUT2D eigenvalue weighted by Gasteiger charge is -2.28. The van der Waals surface area contributed by atoms with Crippen LogP contribution in [0.3, 0.4) is 0 Å². The summed E-state index contributed by atoms with van der Waals surface area (Å²) >= 11 is 0. The van der Waals surface area contributed by atoms with Crippen molar-refractivity contribution in [2.75, 3.05) is 7.05 Å². The fourth-order valence-electron chi connectivity index (χ4n) is 3.22. The van der Waals surface area contributed by atoms with E-state index in [0.717, 1.165) is 12.1 Å². The van der Waals surface area contributed by atoms with E-state index in [0.29, 0.717) is 30.1 Å². The number of aromatic nitrogens is 2. The Morgan fingerprint density at radius 1 is 1.39 bits per heavy atom. The number of nitrogens with zero attached hydrogens (tertiary/aromatic N) is 2. The van der Waals surface area contributed by atoms with Crippen molar-refractivity contribution in [3.05, 3.63) is 18.0 Å². The largest absolute Gasteiger partial charge is 0.375 e. The zero-order valence-corrected chi connectivity index (χ0v) is 12.1. The first kappa shape index (κ1) is 13.6. The van der Waals surface area contributed by atoms with Crippen LogP contribution in [0.15, 0.2) is 12.3 Å². The van der Waals surface area contributed by atoms with Gasteiger partial charge in [0.1, 0.15) is 0 Å². The van der Waals surface area contributed by atoms with Crippen molar-refractivity contribution in [3.8, 4) is 0 Å². The summed E-state index contributed by atoms with van der Waals surface area (Å²) in [7, 11) is 4.00. The van der Waals surface area contributed by atoms with E-state index in [9.17, 15) is 0 Å². The lowest BCUT2D eigenvalue weighted by atomic mass is 9.82. The molecule has 1 aromatic rings. The van der Waals surface area contributed by atoms with Crippen molar-refractivity contribution in [1.29, 1.82) is 0 Å². The van der Waals surface area contributed by atoms with Crippen LogP contribution in [0, 0.1) is 11.8 Å². The normalized spacial score (nSPS) is 33.8. The summed E-state index contributed by atoms with van der Waals surface area (Å²) in [6, 6.07) is 2.52. The van der Waals surface area contributed by atoms with Gasteiger partial charge < -0.3 is 10.1 Å². The predicted molar refractivity (Wildman–Crippen MR) is 72.4 cm³/mol. The maximum atomic E-state index is 5.95. The van der Waals surface area contributed by atoms with Gasteiger partial charge in [0, 0.05) is 31.6 Å². The second-order valence-corrected chi connectivity index (χ2v) is 5.56. The van der Waals surface area contributed by atoms with Crippen molar-refractivity contribution in [2.24, 2.45) is 18.9 Å². The Hall–Kier alpha value is -0.870. The quantitative estimate of drug-likeness (QED) is 0.883. The molecule has 0 aromatic carbocycles. The van der Waals surface area contributed by atoms with Crippen LogP contribution < -0.4 is 5.32 Å². The summed E-state index contributed by atoms with van der Waals surface area (Å²) in [6.45, 7) is 6.66. The molecule has 1 saturated heterocycles. The molecule has 4 heteroatoms. The molecule has 0 spiro atoms. The summed E-state index contributed by atoms with van der Waals surface area (Å²) in [4.78, 5) is 0. The fourth-order valence-corrected chi connectivity index (χ4v) is 3.22. The van der Waals surface area contributed by atoms with Crippen molar-refractivity contribution < 1.29 is 4.74 Å². The van der Waals surface area contributed by atoms with Crippen LogP contribution in [0.5, 0.6) is 0 Å². The molecule has 4 nitrogen and oxygen atoms in total. The monoisotopic (exact) mass is 251 g/mol.